The van der Waals surface area contributed by atoms with Gasteiger partial charge in [0.25, 0.3) is 0 Å². The molecule has 0 radical (unpaired) electrons. The van der Waals surface area contributed by atoms with E-state index >= 15 is 0 Å². The molecule has 0 aromatic rings. The maximum atomic E-state index is 4.97. The van der Waals surface area contributed by atoms with E-state index in [4.69, 9.17) is 27.9 Å². The van der Waals surface area contributed by atoms with Crippen molar-refractivity contribution in [3.05, 3.63) is 5.32 Å². The number of fused-ring (bicyclic) bond motifs is 1. The van der Waals surface area contributed by atoms with Crippen molar-refractivity contribution in [1.29, 1.82) is 0 Å². The summed E-state index contributed by atoms with van der Waals surface area (Å²) >= 11 is -1.92. The molecule has 0 unspecified atom stereocenters. The molecular formula is C7H12Cl3N3Ti. The molecule has 7 heteroatoms. The van der Waals surface area contributed by atoms with Crippen molar-refractivity contribution in [2.24, 2.45) is 4.99 Å². The molecule has 0 aromatic carbocycles. The molecule has 2 aliphatic heterocycles. The van der Waals surface area contributed by atoms with Crippen molar-refractivity contribution in [2.75, 3.05) is 26.2 Å². The molecule has 0 saturated carbocycles. The van der Waals surface area contributed by atoms with E-state index in [2.05, 4.69) is 15.2 Å². The number of halogens is 3. The molecule has 2 aliphatic rings. The van der Waals surface area contributed by atoms with Crippen LogP contribution in [0.5, 0.6) is 0 Å². The van der Waals surface area contributed by atoms with Gasteiger partial charge in [0.1, 0.15) is 0 Å². The van der Waals surface area contributed by atoms with Crippen molar-refractivity contribution < 1.29 is 14.7 Å². The van der Waals surface area contributed by atoms with Crippen LogP contribution in [0, 0.1) is 0 Å². The van der Waals surface area contributed by atoms with Gasteiger partial charge in [-0.25, -0.2) is 0 Å². The molecule has 0 aliphatic carbocycles. The fraction of sp³-hybridized carbons (Fsp3) is 0.857. The summed E-state index contributed by atoms with van der Waals surface area (Å²) in [4.78, 5) is 6.61. The van der Waals surface area contributed by atoms with E-state index in [0.29, 0.717) is 0 Å². The maximum absolute atomic E-state index is 4.97. The fourth-order valence-electron chi connectivity index (χ4n) is 1.44. The van der Waals surface area contributed by atoms with Gasteiger partial charge in [0.05, 0.1) is 0 Å². The first kappa shape index (κ1) is 12.9. The number of hydrogen-bond acceptors (Lipinski definition) is 2. The summed E-state index contributed by atoms with van der Waals surface area (Å²) in [6, 6.07) is 0. The third-order valence-corrected chi connectivity index (χ3v) is 1.96. The molecule has 14 heavy (non-hydrogen) atoms. The molecule has 3 nitrogen and oxygen atoms in total. The van der Waals surface area contributed by atoms with Crippen LogP contribution in [0.25, 0.3) is 5.32 Å². The standard InChI is InChI=1S/C7H12N3.3ClH.Ti/c1-3-8-7-9-4-2-6-10(7)5-1;;;;/h1-6H2;3*1H;/q-1;;;;+4/p-3. The van der Waals surface area contributed by atoms with Crippen LogP contribution in [-0.2, 0) is 14.7 Å². The van der Waals surface area contributed by atoms with Gasteiger partial charge >= 0.3 is 42.6 Å². The van der Waals surface area contributed by atoms with Crippen molar-refractivity contribution in [1.82, 2.24) is 4.90 Å². The Bertz CT molecular complexity index is 198. The second-order valence-corrected chi connectivity index (χ2v) is 10.7. The van der Waals surface area contributed by atoms with Crippen LogP contribution in [0.2, 0.25) is 0 Å². The molecule has 0 amide bonds. The van der Waals surface area contributed by atoms with Gasteiger partial charge in [-0.15, -0.1) is 0 Å². The van der Waals surface area contributed by atoms with Gasteiger partial charge in [-0.2, -0.15) is 0 Å². The van der Waals surface area contributed by atoms with Crippen LogP contribution in [0.3, 0.4) is 0 Å². The summed E-state index contributed by atoms with van der Waals surface area (Å²) in [5.74, 6) is 1.01. The second kappa shape index (κ2) is 7.18. The first-order chi connectivity index (χ1) is 6.70. The molecule has 0 spiro atoms. The average molecular weight is 292 g/mol. The van der Waals surface area contributed by atoms with Crippen molar-refractivity contribution in [3.8, 4) is 0 Å². The normalized spacial score (nSPS) is 19.6. The van der Waals surface area contributed by atoms with E-state index in [0.717, 1.165) is 19.0 Å². The van der Waals surface area contributed by atoms with E-state index < -0.39 is 14.7 Å². The number of guanidine groups is 1. The Morgan fingerprint density at radius 1 is 1.21 bits per heavy atom. The van der Waals surface area contributed by atoms with Gasteiger partial charge in [0.15, 0.2) is 0 Å². The van der Waals surface area contributed by atoms with Crippen molar-refractivity contribution >= 4 is 33.9 Å². The van der Waals surface area contributed by atoms with Gasteiger partial charge < -0.3 is 15.2 Å². The Hall–Kier alpha value is 0.854. The fourth-order valence-corrected chi connectivity index (χ4v) is 1.44. The SMILES string of the molecule is C1CN=C2[N-]CCCN2C1.[Cl][Ti+]([Cl])[Cl]. The first-order valence-electron chi connectivity index (χ1n) is 4.50. The zero-order valence-corrected chi connectivity index (χ0v) is 11.5. The van der Waals surface area contributed by atoms with E-state index in [1.54, 1.807) is 0 Å². The van der Waals surface area contributed by atoms with Gasteiger partial charge in [0.2, 0.25) is 0 Å². The average Bonchev–Trinajstić information content (AvgIpc) is 2.17. The molecule has 0 bridgehead atoms. The third kappa shape index (κ3) is 5.08. The van der Waals surface area contributed by atoms with Crippen LogP contribution >= 0.6 is 27.9 Å². The second-order valence-electron chi connectivity index (χ2n) is 2.97. The molecule has 1 fully saturated rings. The number of rotatable bonds is 0. The van der Waals surface area contributed by atoms with Crippen LogP contribution in [-0.4, -0.2) is 37.0 Å². The Morgan fingerprint density at radius 3 is 2.50 bits per heavy atom. The van der Waals surface area contributed by atoms with Crippen LogP contribution in [0.1, 0.15) is 12.8 Å². The summed E-state index contributed by atoms with van der Waals surface area (Å²) in [5.41, 5.74) is 0. The number of nitrogens with zero attached hydrogens (tertiary/aromatic N) is 3. The van der Waals surface area contributed by atoms with E-state index in [1.807, 2.05) is 0 Å². The minimum atomic E-state index is -1.92. The first-order valence-corrected chi connectivity index (χ1v) is 10.9. The summed E-state index contributed by atoms with van der Waals surface area (Å²) in [5, 5.41) is 4.33. The van der Waals surface area contributed by atoms with E-state index in [1.165, 1.54) is 25.9 Å². The predicted octanol–water partition coefficient (Wildman–Crippen LogP) is 2.89. The van der Waals surface area contributed by atoms with Crippen LogP contribution < -0.4 is 0 Å². The topological polar surface area (TPSA) is 29.7 Å². The monoisotopic (exact) mass is 291 g/mol. The van der Waals surface area contributed by atoms with Crippen LogP contribution in [0.4, 0.5) is 0 Å². The molecule has 1 saturated heterocycles. The summed E-state index contributed by atoms with van der Waals surface area (Å²) in [6.07, 6.45) is 2.41. The van der Waals surface area contributed by atoms with Gasteiger partial charge in [0, 0.05) is 5.96 Å². The van der Waals surface area contributed by atoms with Crippen molar-refractivity contribution in [2.45, 2.75) is 12.8 Å². The molecular weight excluding hydrogens is 280 g/mol. The van der Waals surface area contributed by atoms with E-state index in [-0.39, 0.29) is 0 Å². The van der Waals surface area contributed by atoms with Gasteiger partial charge in [-0.1, -0.05) is 0 Å². The Kier molecular flexibility index (Phi) is 6.63. The summed E-state index contributed by atoms with van der Waals surface area (Å²) in [7, 11) is 14.9. The summed E-state index contributed by atoms with van der Waals surface area (Å²) in [6.45, 7) is 4.30. The van der Waals surface area contributed by atoms with Gasteiger partial charge in [-0.3, -0.25) is 0 Å². The Balaban J connectivity index is 0.000000213. The molecule has 2 rings (SSSR count). The number of hydrogen-bond donors (Lipinski definition) is 0. The Morgan fingerprint density at radius 2 is 1.86 bits per heavy atom. The number of aliphatic imine (C=N–C) groups is 1. The third-order valence-electron chi connectivity index (χ3n) is 1.96. The molecule has 0 atom stereocenters. The molecule has 0 N–H and O–H groups in total. The predicted molar refractivity (Wildman–Crippen MR) is 58.9 cm³/mol. The zero-order valence-electron chi connectivity index (χ0n) is 7.72. The zero-order chi connectivity index (χ0) is 10.4. The molecule has 2 heterocycles. The van der Waals surface area contributed by atoms with Crippen LogP contribution in [0.15, 0.2) is 4.99 Å². The van der Waals surface area contributed by atoms with Gasteiger partial charge in [-0.05, 0) is 39.0 Å². The van der Waals surface area contributed by atoms with E-state index in [9.17, 15) is 0 Å². The Labute approximate surface area is 102 Å². The molecule has 0 aromatic heterocycles. The summed E-state index contributed by atoms with van der Waals surface area (Å²) < 4.78 is 0. The van der Waals surface area contributed by atoms with Crippen molar-refractivity contribution in [3.63, 3.8) is 0 Å². The quantitative estimate of drug-likeness (QED) is 0.631. The molecule has 80 valence electrons. The minimum absolute atomic E-state index is 0.981.